The lowest BCUT2D eigenvalue weighted by Gasteiger charge is -2.31. The maximum Gasteiger partial charge on any atom is 0.336 e. The summed E-state index contributed by atoms with van der Waals surface area (Å²) in [6, 6.07) is 9.31. The van der Waals surface area contributed by atoms with Gasteiger partial charge < -0.3 is 25.3 Å². The Morgan fingerprint density at radius 1 is 1.15 bits per heavy atom. The first kappa shape index (κ1) is 20.7. The predicted octanol–water partition coefficient (Wildman–Crippen LogP) is 1.61. The molecule has 1 aliphatic heterocycles. The topological polar surface area (TPSA) is 99.9 Å². The number of dihydropyridines is 1. The molecule has 1 heterocycles. The molecule has 1 aliphatic rings. The van der Waals surface area contributed by atoms with Gasteiger partial charge in [-0.2, -0.15) is 0 Å². The minimum absolute atomic E-state index is 0.153. The highest BCUT2D eigenvalue weighted by Gasteiger charge is 2.38. The predicted molar refractivity (Wildman–Crippen MR) is 101 cm³/mol. The molecule has 0 unspecified atom stereocenters. The molecule has 7 heteroatoms. The van der Waals surface area contributed by atoms with Gasteiger partial charge in [-0.25, -0.2) is 9.59 Å². The highest BCUT2D eigenvalue weighted by Crippen LogP contribution is 2.39. The molecule has 0 spiro atoms. The zero-order chi connectivity index (χ0) is 19.8. The summed E-state index contributed by atoms with van der Waals surface area (Å²) in [5, 5.41) is 3.12. The quantitative estimate of drug-likeness (QED) is 0.527. The van der Waals surface area contributed by atoms with Crippen molar-refractivity contribution in [1.82, 2.24) is 5.32 Å². The summed E-state index contributed by atoms with van der Waals surface area (Å²) in [5.74, 6) is -1.62. The zero-order valence-corrected chi connectivity index (χ0v) is 15.9. The monoisotopic (exact) mass is 374 g/mol. The van der Waals surface area contributed by atoms with E-state index in [2.05, 4.69) is 5.32 Å². The summed E-state index contributed by atoms with van der Waals surface area (Å²) >= 11 is 0. The summed E-state index contributed by atoms with van der Waals surface area (Å²) < 4.78 is 15.8. The van der Waals surface area contributed by atoms with Crippen LogP contribution in [0.5, 0.6) is 0 Å². The summed E-state index contributed by atoms with van der Waals surface area (Å²) in [6.07, 6.45) is 0. The van der Waals surface area contributed by atoms with Gasteiger partial charge in [-0.1, -0.05) is 30.3 Å². The Balaban J connectivity index is 2.60. The van der Waals surface area contributed by atoms with Gasteiger partial charge in [0.05, 0.1) is 49.7 Å². The van der Waals surface area contributed by atoms with E-state index >= 15 is 0 Å². The fraction of sp³-hybridized carbons (Fsp3) is 0.400. The van der Waals surface area contributed by atoms with Crippen LogP contribution < -0.4 is 11.1 Å². The average Bonchev–Trinajstić information content (AvgIpc) is 2.68. The van der Waals surface area contributed by atoms with Crippen LogP contribution in [0.1, 0.15) is 25.3 Å². The lowest BCUT2D eigenvalue weighted by molar-refractivity contribution is -0.139. The van der Waals surface area contributed by atoms with Crippen molar-refractivity contribution in [3.8, 4) is 0 Å². The number of ether oxygens (including phenoxy) is 3. The van der Waals surface area contributed by atoms with Gasteiger partial charge in [-0.15, -0.1) is 0 Å². The van der Waals surface area contributed by atoms with Crippen LogP contribution in [0.3, 0.4) is 0 Å². The number of benzene rings is 1. The van der Waals surface area contributed by atoms with Gasteiger partial charge in [-0.05, 0) is 19.4 Å². The molecule has 1 aromatic rings. The van der Waals surface area contributed by atoms with Crippen molar-refractivity contribution in [2.75, 3.05) is 33.5 Å². The summed E-state index contributed by atoms with van der Waals surface area (Å²) in [6.45, 7) is 4.60. The van der Waals surface area contributed by atoms with E-state index in [0.717, 1.165) is 5.56 Å². The lowest BCUT2D eigenvalue weighted by Crippen LogP contribution is -2.35. The number of hydrogen-bond acceptors (Lipinski definition) is 7. The van der Waals surface area contributed by atoms with Crippen LogP contribution in [0, 0.1) is 0 Å². The number of carbonyl (C=O) groups is 2. The third-order valence-corrected chi connectivity index (χ3v) is 4.19. The van der Waals surface area contributed by atoms with Crippen molar-refractivity contribution in [2.24, 2.45) is 5.73 Å². The Labute approximate surface area is 159 Å². The van der Waals surface area contributed by atoms with Gasteiger partial charge >= 0.3 is 11.9 Å². The highest BCUT2D eigenvalue weighted by molar-refractivity contribution is 5.99. The molecule has 0 aliphatic carbocycles. The van der Waals surface area contributed by atoms with Gasteiger partial charge in [0.15, 0.2) is 0 Å². The second-order valence-corrected chi connectivity index (χ2v) is 5.95. The van der Waals surface area contributed by atoms with Crippen LogP contribution in [0.4, 0.5) is 0 Å². The fourth-order valence-electron chi connectivity index (χ4n) is 3.08. The Morgan fingerprint density at radius 2 is 1.85 bits per heavy atom. The molecule has 0 radical (unpaired) electrons. The van der Waals surface area contributed by atoms with E-state index < -0.39 is 17.9 Å². The molecule has 3 N–H and O–H groups in total. The first-order chi connectivity index (χ1) is 13.0. The largest absolute Gasteiger partial charge is 0.466 e. The van der Waals surface area contributed by atoms with Crippen molar-refractivity contribution in [1.29, 1.82) is 0 Å². The van der Waals surface area contributed by atoms with E-state index in [1.807, 2.05) is 30.3 Å². The average molecular weight is 374 g/mol. The van der Waals surface area contributed by atoms with Crippen LogP contribution in [-0.2, 0) is 23.8 Å². The molecule has 0 saturated carbocycles. The van der Waals surface area contributed by atoms with Crippen molar-refractivity contribution in [3.63, 3.8) is 0 Å². The van der Waals surface area contributed by atoms with Crippen molar-refractivity contribution in [3.05, 3.63) is 58.4 Å². The van der Waals surface area contributed by atoms with Crippen molar-refractivity contribution >= 4 is 11.9 Å². The van der Waals surface area contributed by atoms with E-state index in [0.29, 0.717) is 35.7 Å². The number of methoxy groups -OCH3 is 1. The number of carbonyl (C=O) groups excluding carboxylic acids is 2. The Bertz CT molecular complexity index is 740. The standard InChI is InChI=1S/C20H26N2O5/c1-4-27-20(24)18-15(12-26-11-10-21)22-13(2)16(19(23)25-3)17(18)14-8-6-5-7-9-14/h5-9,17,22H,4,10-12,21H2,1-3H3/t17-/m1/s1. The number of hydrogen-bond donors (Lipinski definition) is 2. The van der Waals surface area contributed by atoms with E-state index in [-0.39, 0.29) is 13.2 Å². The Hall–Kier alpha value is -2.64. The summed E-state index contributed by atoms with van der Waals surface area (Å²) in [5.41, 5.74) is 8.15. The van der Waals surface area contributed by atoms with Crippen LogP contribution in [0.25, 0.3) is 0 Å². The molecular weight excluding hydrogens is 348 g/mol. The minimum Gasteiger partial charge on any atom is -0.466 e. The molecule has 27 heavy (non-hydrogen) atoms. The maximum absolute atomic E-state index is 12.8. The Morgan fingerprint density at radius 3 is 2.44 bits per heavy atom. The number of nitrogens with one attached hydrogen (secondary N) is 1. The maximum atomic E-state index is 12.8. The summed E-state index contributed by atoms with van der Waals surface area (Å²) in [4.78, 5) is 25.3. The number of rotatable bonds is 8. The van der Waals surface area contributed by atoms with Gasteiger partial charge in [0.25, 0.3) is 0 Å². The molecule has 7 nitrogen and oxygen atoms in total. The second kappa shape index (κ2) is 9.89. The van der Waals surface area contributed by atoms with Crippen LogP contribution >= 0.6 is 0 Å². The number of allylic oxidation sites excluding steroid dienone is 1. The molecule has 1 atom stereocenters. The third kappa shape index (κ3) is 4.75. The highest BCUT2D eigenvalue weighted by atomic mass is 16.5. The van der Waals surface area contributed by atoms with E-state index in [4.69, 9.17) is 19.9 Å². The smallest absolute Gasteiger partial charge is 0.336 e. The zero-order valence-electron chi connectivity index (χ0n) is 15.9. The first-order valence-electron chi connectivity index (χ1n) is 8.84. The van der Waals surface area contributed by atoms with E-state index in [1.165, 1.54) is 7.11 Å². The van der Waals surface area contributed by atoms with E-state index in [9.17, 15) is 9.59 Å². The molecule has 146 valence electrons. The third-order valence-electron chi connectivity index (χ3n) is 4.19. The molecule has 0 fully saturated rings. The molecule has 0 bridgehead atoms. The van der Waals surface area contributed by atoms with Crippen LogP contribution in [-0.4, -0.2) is 45.4 Å². The normalized spacial score (nSPS) is 16.8. The molecule has 0 amide bonds. The Kier molecular flexibility index (Phi) is 7.57. The minimum atomic E-state index is -0.615. The van der Waals surface area contributed by atoms with Crippen LogP contribution in [0.15, 0.2) is 52.9 Å². The first-order valence-corrected chi connectivity index (χ1v) is 8.84. The number of nitrogens with two attached hydrogens (primary N) is 1. The van der Waals surface area contributed by atoms with Crippen LogP contribution in [0.2, 0.25) is 0 Å². The van der Waals surface area contributed by atoms with Crippen molar-refractivity contribution < 1.29 is 23.8 Å². The molecule has 2 rings (SSSR count). The van der Waals surface area contributed by atoms with Gasteiger partial charge in [0, 0.05) is 12.2 Å². The second-order valence-electron chi connectivity index (χ2n) is 5.95. The SMILES string of the molecule is CCOC(=O)C1=C(COCCN)NC(C)=C(C(=O)OC)[C@H]1c1ccccc1. The molecule has 0 aromatic heterocycles. The van der Waals surface area contributed by atoms with Crippen molar-refractivity contribution in [2.45, 2.75) is 19.8 Å². The van der Waals surface area contributed by atoms with Gasteiger partial charge in [0.2, 0.25) is 0 Å². The molecular formula is C20H26N2O5. The summed E-state index contributed by atoms with van der Waals surface area (Å²) in [7, 11) is 1.32. The van der Waals surface area contributed by atoms with Gasteiger partial charge in [0.1, 0.15) is 0 Å². The van der Waals surface area contributed by atoms with Gasteiger partial charge in [-0.3, -0.25) is 0 Å². The lowest BCUT2D eigenvalue weighted by atomic mass is 9.80. The molecule has 1 aromatic carbocycles. The fourth-order valence-corrected chi connectivity index (χ4v) is 3.08. The number of esters is 2. The van der Waals surface area contributed by atoms with E-state index in [1.54, 1.807) is 13.8 Å². The molecule has 0 saturated heterocycles.